The van der Waals surface area contributed by atoms with Crippen molar-refractivity contribution >= 4 is 6.08 Å². The van der Waals surface area contributed by atoms with Gasteiger partial charge >= 0.3 is 0 Å². The van der Waals surface area contributed by atoms with Crippen molar-refractivity contribution < 1.29 is 9.50 Å². The van der Waals surface area contributed by atoms with Gasteiger partial charge < -0.3 is 5.11 Å². The highest BCUT2D eigenvalue weighted by atomic mass is 19.1. The molecule has 2 heteroatoms. The summed E-state index contributed by atoms with van der Waals surface area (Å²) >= 11 is 0. The summed E-state index contributed by atoms with van der Waals surface area (Å²) in [6.07, 6.45) is 2.28. The van der Waals surface area contributed by atoms with Crippen LogP contribution in [0.2, 0.25) is 0 Å². The third kappa shape index (κ3) is 1.95. The van der Waals surface area contributed by atoms with E-state index in [1.54, 1.807) is 6.08 Å². The number of rotatable bonds is 3. The van der Waals surface area contributed by atoms with Crippen LogP contribution >= 0.6 is 0 Å². The standard InChI is InChI=1S/C11H13FO/c1-3-8-5-10(12)6-9(4-2)11(8)7-13/h3,5-6,13H,1,4,7H2,2H3. The highest BCUT2D eigenvalue weighted by Gasteiger charge is 2.06. The van der Waals surface area contributed by atoms with Crippen molar-refractivity contribution in [1.29, 1.82) is 0 Å². The van der Waals surface area contributed by atoms with E-state index in [-0.39, 0.29) is 12.4 Å². The Balaban J connectivity index is 3.33. The molecule has 0 aliphatic rings. The van der Waals surface area contributed by atoms with Crippen LogP contribution < -0.4 is 0 Å². The Kier molecular flexibility index (Phi) is 3.20. The van der Waals surface area contributed by atoms with Crippen molar-refractivity contribution in [1.82, 2.24) is 0 Å². The van der Waals surface area contributed by atoms with E-state index in [0.29, 0.717) is 12.0 Å². The molecule has 0 saturated carbocycles. The molecule has 0 fully saturated rings. The van der Waals surface area contributed by atoms with E-state index in [0.717, 1.165) is 11.1 Å². The monoisotopic (exact) mass is 180 g/mol. The van der Waals surface area contributed by atoms with Crippen molar-refractivity contribution in [3.63, 3.8) is 0 Å². The van der Waals surface area contributed by atoms with Crippen molar-refractivity contribution in [2.45, 2.75) is 20.0 Å². The predicted octanol–water partition coefficient (Wildman–Crippen LogP) is 2.52. The molecular weight excluding hydrogens is 167 g/mol. The summed E-state index contributed by atoms with van der Waals surface area (Å²) < 4.78 is 13.0. The summed E-state index contributed by atoms with van der Waals surface area (Å²) in [5, 5.41) is 9.08. The van der Waals surface area contributed by atoms with Gasteiger partial charge in [0.05, 0.1) is 6.61 Å². The molecule has 1 aromatic carbocycles. The highest BCUT2D eigenvalue weighted by Crippen LogP contribution is 2.18. The van der Waals surface area contributed by atoms with E-state index in [1.165, 1.54) is 12.1 Å². The van der Waals surface area contributed by atoms with Gasteiger partial charge in [-0.05, 0) is 35.2 Å². The number of aryl methyl sites for hydroxylation is 1. The zero-order valence-corrected chi connectivity index (χ0v) is 7.68. The average molecular weight is 180 g/mol. The van der Waals surface area contributed by atoms with Crippen LogP contribution in [-0.2, 0) is 13.0 Å². The molecule has 0 amide bonds. The Morgan fingerprint density at radius 1 is 1.54 bits per heavy atom. The quantitative estimate of drug-likeness (QED) is 0.757. The topological polar surface area (TPSA) is 20.2 Å². The third-order valence-corrected chi connectivity index (χ3v) is 2.10. The van der Waals surface area contributed by atoms with Crippen LogP contribution in [0, 0.1) is 5.82 Å². The van der Waals surface area contributed by atoms with Crippen molar-refractivity contribution in [2.24, 2.45) is 0 Å². The number of hydrogen-bond donors (Lipinski definition) is 1. The Bertz CT molecular complexity index is 318. The van der Waals surface area contributed by atoms with E-state index in [9.17, 15) is 4.39 Å². The van der Waals surface area contributed by atoms with E-state index in [2.05, 4.69) is 6.58 Å². The molecular formula is C11H13FO. The SMILES string of the molecule is C=Cc1cc(F)cc(CC)c1CO. The smallest absolute Gasteiger partial charge is 0.124 e. The lowest BCUT2D eigenvalue weighted by Gasteiger charge is -2.08. The normalized spacial score (nSPS) is 10.1. The maximum atomic E-state index is 13.0. The largest absolute Gasteiger partial charge is 0.392 e. The molecule has 1 N–H and O–H groups in total. The van der Waals surface area contributed by atoms with Crippen molar-refractivity contribution in [3.05, 3.63) is 41.2 Å². The summed E-state index contributed by atoms with van der Waals surface area (Å²) in [6, 6.07) is 2.84. The van der Waals surface area contributed by atoms with Gasteiger partial charge in [0.2, 0.25) is 0 Å². The number of aliphatic hydroxyl groups excluding tert-OH is 1. The van der Waals surface area contributed by atoms with Gasteiger partial charge in [-0.15, -0.1) is 0 Å². The van der Waals surface area contributed by atoms with Gasteiger partial charge in [0.25, 0.3) is 0 Å². The van der Waals surface area contributed by atoms with Gasteiger partial charge in [-0.2, -0.15) is 0 Å². The zero-order chi connectivity index (χ0) is 9.84. The molecule has 1 aromatic rings. The summed E-state index contributed by atoms with van der Waals surface area (Å²) in [5.74, 6) is -0.274. The molecule has 70 valence electrons. The van der Waals surface area contributed by atoms with E-state index in [1.807, 2.05) is 6.92 Å². The minimum absolute atomic E-state index is 0.0647. The highest BCUT2D eigenvalue weighted by molar-refractivity contribution is 5.54. The second kappa shape index (κ2) is 4.19. The first-order chi connectivity index (χ1) is 6.22. The first kappa shape index (κ1) is 9.93. The minimum atomic E-state index is -0.274. The third-order valence-electron chi connectivity index (χ3n) is 2.10. The van der Waals surface area contributed by atoms with Gasteiger partial charge in [-0.3, -0.25) is 0 Å². The van der Waals surface area contributed by atoms with E-state index < -0.39 is 0 Å². The Morgan fingerprint density at radius 3 is 2.69 bits per heavy atom. The van der Waals surface area contributed by atoms with Gasteiger partial charge in [0.15, 0.2) is 0 Å². The fraction of sp³-hybridized carbons (Fsp3) is 0.273. The van der Waals surface area contributed by atoms with Crippen LogP contribution in [0.3, 0.4) is 0 Å². The van der Waals surface area contributed by atoms with Crippen LogP contribution in [0.25, 0.3) is 6.08 Å². The molecule has 0 saturated heterocycles. The number of aliphatic hydroxyl groups is 1. The van der Waals surface area contributed by atoms with Gasteiger partial charge in [0.1, 0.15) is 5.82 Å². The molecule has 0 aliphatic heterocycles. The van der Waals surface area contributed by atoms with Crippen LogP contribution in [-0.4, -0.2) is 5.11 Å². The molecule has 1 nitrogen and oxygen atoms in total. The Hall–Kier alpha value is -1.15. The van der Waals surface area contributed by atoms with Crippen LogP contribution in [0.15, 0.2) is 18.7 Å². The van der Waals surface area contributed by atoms with Crippen LogP contribution in [0.1, 0.15) is 23.6 Å². The van der Waals surface area contributed by atoms with E-state index in [4.69, 9.17) is 5.11 Å². The van der Waals surface area contributed by atoms with Crippen LogP contribution in [0.5, 0.6) is 0 Å². The number of halogens is 1. The molecule has 0 spiro atoms. The Labute approximate surface area is 77.5 Å². The fourth-order valence-corrected chi connectivity index (χ4v) is 1.41. The zero-order valence-electron chi connectivity index (χ0n) is 7.68. The van der Waals surface area contributed by atoms with Crippen molar-refractivity contribution in [2.75, 3.05) is 0 Å². The summed E-state index contributed by atoms with van der Waals surface area (Å²) in [5.41, 5.74) is 2.30. The van der Waals surface area contributed by atoms with Crippen LogP contribution in [0.4, 0.5) is 4.39 Å². The first-order valence-electron chi connectivity index (χ1n) is 4.27. The summed E-state index contributed by atoms with van der Waals surface area (Å²) in [6.45, 7) is 5.44. The molecule has 0 aromatic heterocycles. The lowest BCUT2D eigenvalue weighted by Crippen LogP contribution is -1.97. The fourth-order valence-electron chi connectivity index (χ4n) is 1.41. The molecule has 1 rings (SSSR count). The molecule has 13 heavy (non-hydrogen) atoms. The van der Waals surface area contributed by atoms with Gasteiger partial charge in [0, 0.05) is 0 Å². The predicted molar refractivity (Wildman–Crippen MR) is 51.8 cm³/mol. The van der Waals surface area contributed by atoms with Gasteiger partial charge in [-0.25, -0.2) is 4.39 Å². The number of hydrogen-bond acceptors (Lipinski definition) is 1. The maximum Gasteiger partial charge on any atom is 0.124 e. The summed E-state index contributed by atoms with van der Waals surface area (Å²) in [4.78, 5) is 0. The molecule has 0 unspecified atom stereocenters. The second-order valence-electron chi connectivity index (χ2n) is 2.85. The van der Waals surface area contributed by atoms with Gasteiger partial charge in [-0.1, -0.05) is 19.6 Å². The van der Waals surface area contributed by atoms with Crippen molar-refractivity contribution in [3.8, 4) is 0 Å². The summed E-state index contributed by atoms with van der Waals surface area (Å²) in [7, 11) is 0. The first-order valence-corrected chi connectivity index (χ1v) is 4.27. The maximum absolute atomic E-state index is 13.0. The molecule has 0 atom stereocenters. The Morgan fingerprint density at radius 2 is 2.23 bits per heavy atom. The molecule has 0 aliphatic carbocycles. The number of benzene rings is 1. The lowest BCUT2D eigenvalue weighted by atomic mass is 9.99. The van der Waals surface area contributed by atoms with E-state index >= 15 is 0 Å². The molecule has 0 bridgehead atoms. The second-order valence-corrected chi connectivity index (χ2v) is 2.85. The minimum Gasteiger partial charge on any atom is -0.392 e. The lowest BCUT2D eigenvalue weighted by molar-refractivity contribution is 0.280. The molecule has 0 radical (unpaired) electrons. The average Bonchev–Trinajstić information content (AvgIpc) is 2.16. The molecule has 0 heterocycles.